The third-order valence-electron chi connectivity index (χ3n) is 2.54. The van der Waals surface area contributed by atoms with E-state index in [1.165, 1.54) is 13.4 Å². The first-order chi connectivity index (χ1) is 8.63. The maximum Gasteiger partial charge on any atom is 0.334 e. The highest BCUT2D eigenvalue weighted by Crippen LogP contribution is 2.17. The number of ether oxygens (including phenoxy) is 1. The van der Waals surface area contributed by atoms with Crippen molar-refractivity contribution in [2.24, 2.45) is 7.05 Å². The summed E-state index contributed by atoms with van der Waals surface area (Å²) in [6.07, 6.45) is 2.10. The summed E-state index contributed by atoms with van der Waals surface area (Å²) in [6.45, 7) is 0.118. The fourth-order valence-corrected chi connectivity index (χ4v) is 1.56. The lowest BCUT2D eigenvalue weighted by Crippen LogP contribution is -2.30. The molecule has 0 bridgehead atoms. The van der Waals surface area contributed by atoms with Crippen LogP contribution in [-0.2, 0) is 16.6 Å². The molecule has 0 radical (unpaired) electrons. The summed E-state index contributed by atoms with van der Waals surface area (Å²) in [5, 5.41) is 16.6. The third-order valence-corrected chi connectivity index (χ3v) is 2.54. The number of aromatic nitrogens is 4. The van der Waals surface area contributed by atoms with Gasteiger partial charge in [0.25, 0.3) is 0 Å². The second kappa shape index (κ2) is 4.96. The van der Waals surface area contributed by atoms with Gasteiger partial charge in [0.1, 0.15) is 12.1 Å². The number of hydrogen-bond donors (Lipinski definition) is 2. The molecule has 0 aliphatic heterocycles. The van der Waals surface area contributed by atoms with Gasteiger partial charge in [-0.3, -0.25) is 4.68 Å². The monoisotopic (exact) mass is 251 g/mol. The average molecular weight is 251 g/mol. The molecule has 2 rings (SSSR count). The van der Waals surface area contributed by atoms with Gasteiger partial charge in [0.2, 0.25) is 0 Å². The zero-order chi connectivity index (χ0) is 13.1. The van der Waals surface area contributed by atoms with Crippen molar-refractivity contribution in [1.29, 1.82) is 0 Å². The number of anilines is 1. The number of carboxylic acid groups (broad SMARTS) is 1. The van der Waals surface area contributed by atoms with Crippen LogP contribution in [0, 0.1) is 0 Å². The number of nitrogens with one attached hydrogen (secondary N) is 1. The zero-order valence-corrected chi connectivity index (χ0v) is 9.99. The van der Waals surface area contributed by atoms with E-state index in [-0.39, 0.29) is 6.54 Å². The molecule has 2 heterocycles. The first-order valence-corrected chi connectivity index (χ1v) is 5.25. The standard InChI is InChI=1S/C10H13N5O3/c1-15-9-6(3-14-15)8(12-5-13-9)11-4-7(18-2)10(16)17/h3,5,7H,4H2,1-2H3,(H,16,17)(H,11,12,13). The molecular formula is C10H13N5O3. The molecule has 0 saturated heterocycles. The van der Waals surface area contributed by atoms with E-state index in [0.29, 0.717) is 11.5 Å². The van der Waals surface area contributed by atoms with E-state index in [0.717, 1.165) is 5.39 Å². The van der Waals surface area contributed by atoms with Gasteiger partial charge in [0.05, 0.1) is 18.1 Å². The van der Waals surface area contributed by atoms with Crippen LogP contribution in [0.1, 0.15) is 0 Å². The van der Waals surface area contributed by atoms with Crippen molar-refractivity contribution in [1.82, 2.24) is 19.7 Å². The van der Waals surface area contributed by atoms with E-state index in [9.17, 15) is 4.79 Å². The SMILES string of the molecule is COC(CNc1ncnc2c1cnn2C)C(=O)O. The van der Waals surface area contributed by atoms with Crippen molar-refractivity contribution >= 4 is 22.8 Å². The predicted octanol–water partition coefficient (Wildman–Crippen LogP) is -0.125. The highest BCUT2D eigenvalue weighted by atomic mass is 16.5. The Kier molecular flexibility index (Phi) is 3.38. The van der Waals surface area contributed by atoms with Crippen LogP contribution in [-0.4, -0.2) is 50.6 Å². The molecule has 1 atom stereocenters. The molecule has 2 N–H and O–H groups in total. The van der Waals surface area contributed by atoms with Gasteiger partial charge in [-0.25, -0.2) is 14.8 Å². The largest absolute Gasteiger partial charge is 0.479 e. The summed E-state index contributed by atoms with van der Waals surface area (Å²) in [6, 6.07) is 0. The molecule has 0 aliphatic rings. The Bertz CT molecular complexity index is 568. The topological polar surface area (TPSA) is 102 Å². The molecule has 0 aromatic carbocycles. The second-order valence-corrected chi connectivity index (χ2v) is 3.67. The molecule has 18 heavy (non-hydrogen) atoms. The van der Waals surface area contributed by atoms with Gasteiger partial charge >= 0.3 is 5.97 Å². The Labute approximate surface area is 103 Å². The molecule has 0 fully saturated rings. The van der Waals surface area contributed by atoms with Crippen LogP contribution in [0.25, 0.3) is 11.0 Å². The van der Waals surface area contributed by atoms with E-state index >= 15 is 0 Å². The molecule has 8 nitrogen and oxygen atoms in total. The van der Waals surface area contributed by atoms with Gasteiger partial charge in [0.15, 0.2) is 11.8 Å². The Morgan fingerprint density at radius 1 is 1.61 bits per heavy atom. The van der Waals surface area contributed by atoms with E-state index in [2.05, 4.69) is 20.4 Å². The Hall–Kier alpha value is -2.22. The number of carbonyl (C=O) groups is 1. The average Bonchev–Trinajstić information content (AvgIpc) is 2.73. The lowest BCUT2D eigenvalue weighted by molar-refractivity contribution is -0.147. The minimum absolute atomic E-state index is 0.118. The summed E-state index contributed by atoms with van der Waals surface area (Å²) in [5.41, 5.74) is 0.678. The number of fused-ring (bicyclic) bond motifs is 1. The summed E-state index contributed by atoms with van der Waals surface area (Å²) in [7, 11) is 3.12. The molecule has 2 aromatic rings. The molecule has 2 aromatic heterocycles. The normalized spacial score (nSPS) is 12.6. The van der Waals surface area contributed by atoms with Gasteiger partial charge in [-0.2, -0.15) is 5.10 Å². The number of methoxy groups -OCH3 is 1. The van der Waals surface area contributed by atoms with Crippen LogP contribution in [0.3, 0.4) is 0 Å². The highest BCUT2D eigenvalue weighted by molar-refractivity contribution is 5.86. The molecular weight excluding hydrogens is 238 g/mol. The lowest BCUT2D eigenvalue weighted by atomic mass is 10.3. The van der Waals surface area contributed by atoms with E-state index < -0.39 is 12.1 Å². The van der Waals surface area contributed by atoms with E-state index in [1.807, 2.05) is 0 Å². The number of nitrogens with zero attached hydrogens (tertiary/aromatic N) is 4. The summed E-state index contributed by atoms with van der Waals surface area (Å²) in [4.78, 5) is 19.0. The number of hydrogen-bond acceptors (Lipinski definition) is 6. The van der Waals surface area contributed by atoms with Crippen LogP contribution in [0.15, 0.2) is 12.5 Å². The number of aryl methyl sites for hydroxylation is 1. The number of aliphatic carboxylic acids is 1. The molecule has 8 heteroatoms. The van der Waals surface area contributed by atoms with Crippen molar-refractivity contribution in [3.8, 4) is 0 Å². The summed E-state index contributed by atoms with van der Waals surface area (Å²) >= 11 is 0. The molecule has 0 aliphatic carbocycles. The summed E-state index contributed by atoms with van der Waals surface area (Å²) in [5.74, 6) is -0.488. The van der Waals surface area contributed by atoms with Gasteiger partial charge in [0, 0.05) is 14.2 Å². The Balaban J connectivity index is 2.19. The van der Waals surface area contributed by atoms with Crippen LogP contribution in [0.4, 0.5) is 5.82 Å². The lowest BCUT2D eigenvalue weighted by Gasteiger charge is -2.12. The maximum atomic E-state index is 10.8. The molecule has 0 spiro atoms. The first-order valence-electron chi connectivity index (χ1n) is 5.25. The third kappa shape index (κ3) is 2.23. The predicted molar refractivity (Wildman–Crippen MR) is 63.2 cm³/mol. The number of rotatable bonds is 5. The number of carboxylic acids is 1. The molecule has 0 saturated carbocycles. The van der Waals surface area contributed by atoms with Gasteiger partial charge in [-0.05, 0) is 0 Å². The maximum absolute atomic E-state index is 10.8. The van der Waals surface area contributed by atoms with Crippen molar-refractivity contribution in [3.63, 3.8) is 0 Å². The minimum Gasteiger partial charge on any atom is -0.479 e. The molecule has 96 valence electrons. The fraction of sp³-hybridized carbons (Fsp3) is 0.400. The van der Waals surface area contributed by atoms with E-state index in [4.69, 9.17) is 9.84 Å². The van der Waals surface area contributed by atoms with Crippen LogP contribution >= 0.6 is 0 Å². The van der Waals surface area contributed by atoms with Crippen molar-refractivity contribution in [2.45, 2.75) is 6.10 Å². The van der Waals surface area contributed by atoms with Crippen LogP contribution < -0.4 is 5.32 Å². The molecule has 0 amide bonds. The van der Waals surface area contributed by atoms with Gasteiger partial charge in [-0.15, -0.1) is 0 Å². The Morgan fingerprint density at radius 2 is 2.39 bits per heavy atom. The highest BCUT2D eigenvalue weighted by Gasteiger charge is 2.17. The van der Waals surface area contributed by atoms with Crippen molar-refractivity contribution in [3.05, 3.63) is 12.5 Å². The molecule has 1 unspecified atom stereocenters. The quantitative estimate of drug-likeness (QED) is 0.763. The minimum atomic E-state index is -1.03. The zero-order valence-electron chi connectivity index (χ0n) is 9.99. The van der Waals surface area contributed by atoms with Crippen LogP contribution in [0.5, 0.6) is 0 Å². The van der Waals surface area contributed by atoms with Crippen LogP contribution in [0.2, 0.25) is 0 Å². The van der Waals surface area contributed by atoms with Gasteiger partial charge in [-0.1, -0.05) is 0 Å². The first kappa shape index (κ1) is 12.2. The smallest absolute Gasteiger partial charge is 0.334 e. The summed E-state index contributed by atoms with van der Waals surface area (Å²) < 4.78 is 6.44. The van der Waals surface area contributed by atoms with Crippen molar-refractivity contribution in [2.75, 3.05) is 19.0 Å². The Morgan fingerprint density at radius 3 is 3.06 bits per heavy atom. The fourth-order valence-electron chi connectivity index (χ4n) is 1.56. The van der Waals surface area contributed by atoms with E-state index in [1.54, 1.807) is 17.9 Å². The van der Waals surface area contributed by atoms with Crippen molar-refractivity contribution < 1.29 is 14.6 Å². The second-order valence-electron chi connectivity index (χ2n) is 3.67. The van der Waals surface area contributed by atoms with Gasteiger partial charge < -0.3 is 15.2 Å².